The van der Waals surface area contributed by atoms with Gasteiger partial charge in [-0.25, -0.2) is 0 Å². The first-order chi connectivity index (χ1) is 18.8. The van der Waals surface area contributed by atoms with Crippen molar-refractivity contribution < 1.29 is 19.0 Å². The molecule has 226 valence electrons. The van der Waals surface area contributed by atoms with E-state index in [-0.39, 0.29) is 34.6 Å². The summed E-state index contributed by atoms with van der Waals surface area (Å²) in [6.07, 6.45) is 15.5. The molecule has 4 heteroatoms. The molecule has 1 saturated heterocycles. The van der Waals surface area contributed by atoms with Crippen molar-refractivity contribution in [1.82, 2.24) is 0 Å². The van der Waals surface area contributed by atoms with Gasteiger partial charge in [-0.1, -0.05) is 46.8 Å². The van der Waals surface area contributed by atoms with Crippen molar-refractivity contribution in [2.75, 3.05) is 13.7 Å². The quantitative estimate of drug-likeness (QED) is 0.198. The van der Waals surface area contributed by atoms with Gasteiger partial charge in [-0.05, 0) is 142 Å². The van der Waals surface area contributed by atoms with Crippen LogP contribution in [-0.2, 0) is 19.0 Å². The van der Waals surface area contributed by atoms with Gasteiger partial charge in [0.25, 0.3) is 0 Å². The average Bonchev–Trinajstić information content (AvgIpc) is 3.32. The zero-order valence-corrected chi connectivity index (χ0v) is 26.8. The SMILES string of the molecule is C=C(C)[C@@H]1CC[C@]2(C(=O)OC)CC[C@]3(C)[C@H](CC[C@@H]4[C@@]5(C)CC[C@H](OC6CCCCO6)C(C)(C)[C@@H]5CC[C@]43C)[C@@H]12. The number of rotatable bonds is 4. The Labute approximate surface area is 244 Å². The molecule has 11 atom stereocenters. The molecule has 0 amide bonds. The Morgan fingerprint density at radius 3 is 2.27 bits per heavy atom. The van der Waals surface area contributed by atoms with Crippen LogP contribution in [-0.4, -0.2) is 32.1 Å². The van der Waals surface area contributed by atoms with Gasteiger partial charge in [-0.3, -0.25) is 4.79 Å². The molecule has 6 fully saturated rings. The molecule has 40 heavy (non-hydrogen) atoms. The van der Waals surface area contributed by atoms with E-state index >= 15 is 0 Å². The van der Waals surface area contributed by atoms with Gasteiger partial charge in [0.2, 0.25) is 0 Å². The van der Waals surface area contributed by atoms with Crippen LogP contribution in [0.25, 0.3) is 0 Å². The highest BCUT2D eigenvalue weighted by atomic mass is 16.7. The van der Waals surface area contributed by atoms with Gasteiger partial charge in [0.15, 0.2) is 6.29 Å². The van der Waals surface area contributed by atoms with Crippen LogP contribution in [0.15, 0.2) is 12.2 Å². The summed E-state index contributed by atoms with van der Waals surface area (Å²) < 4.78 is 18.4. The first kappa shape index (κ1) is 29.2. The van der Waals surface area contributed by atoms with Crippen LogP contribution < -0.4 is 0 Å². The fraction of sp³-hybridized carbons (Fsp3) is 0.917. The molecule has 0 aromatic heterocycles. The van der Waals surface area contributed by atoms with Crippen molar-refractivity contribution in [1.29, 1.82) is 0 Å². The van der Waals surface area contributed by atoms with Crippen LogP contribution in [0.1, 0.15) is 125 Å². The Hall–Kier alpha value is -0.870. The van der Waals surface area contributed by atoms with Crippen LogP contribution >= 0.6 is 0 Å². The average molecular weight is 555 g/mol. The third-order valence-corrected chi connectivity index (χ3v) is 15.1. The highest BCUT2D eigenvalue weighted by Crippen LogP contribution is 2.77. The zero-order chi connectivity index (χ0) is 28.7. The van der Waals surface area contributed by atoms with E-state index in [0.717, 1.165) is 51.0 Å². The van der Waals surface area contributed by atoms with Gasteiger partial charge in [-0.2, -0.15) is 0 Å². The second kappa shape index (κ2) is 9.83. The minimum Gasteiger partial charge on any atom is -0.469 e. The summed E-state index contributed by atoms with van der Waals surface area (Å²) in [4.78, 5) is 13.5. The van der Waals surface area contributed by atoms with Gasteiger partial charge in [0, 0.05) is 6.61 Å². The van der Waals surface area contributed by atoms with E-state index in [2.05, 4.69) is 48.1 Å². The van der Waals surface area contributed by atoms with Crippen molar-refractivity contribution in [3.8, 4) is 0 Å². The maximum atomic E-state index is 13.5. The molecular formula is C36H58O4. The first-order valence-electron chi connectivity index (χ1n) is 16.9. The first-order valence-corrected chi connectivity index (χ1v) is 16.9. The van der Waals surface area contributed by atoms with Gasteiger partial charge >= 0.3 is 5.97 Å². The molecule has 0 N–H and O–H groups in total. The number of esters is 1. The van der Waals surface area contributed by atoms with Crippen LogP contribution in [0.4, 0.5) is 0 Å². The zero-order valence-electron chi connectivity index (χ0n) is 26.8. The lowest BCUT2D eigenvalue weighted by Gasteiger charge is -2.73. The molecule has 0 aromatic carbocycles. The van der Waals surface area contributed by atoms with Crippen molar-refractivity contribution >= 4 is 5.97 Å². The predicted molar refractivity (Wildman–Crippen MR) is 159 cm³/mol. The van der Waals surface area contributed by atoms with Crippen LogP contribution in [0.5, 0.6) is 0 Å². The molecule has 1 aliphatic heterocycles. The summed E-state index contributed by atoms with van der Waals surface area (Å²) in [6, 6.07) is 0. The molecule has 0 radical (unpaired) electrons. The Morgan fingerprint density at radius 2 is 1.60 bits per heavy atom. The molecular weight excluding hydrogens is 496 g/mol. The van der Waals surface area contributed by atoms with Crippen molar-refractivity contribution in [2.24, 2.45) is 56.7 Å². The van der Waals surface area contributed by atoms with E-state index in [1.807, 2.05) is 0 Å². The Bertz CT molecular complexity index is 1010. The van der Waals surface area contributed by atoms with E-state index in [1.165, 1.54) is 50.5 Å². The van der Waals surface area contributed by atoms with E-state index in [9.17, 15) is 4.79 Å². The number of carbonyl (C=O) groups is 1. The number of ether oxygens (including phenoxy) is 3. The van der Waals surface area contributed by atoms with E-state index < -0.39 is 0 Å². The smallest absolute Gasteiger partial charge is 0.312 e. The molecule has 5 aliphatic carbocycles. The van der Waals surface area contributed by atoms with Crippen LogP contribution in [0.2, 0.25) is 0 Å². The second-order valence-corrected chi connectivity index (χ2v) is 16.6. The van der Waals surface area contributed by atoms with Crippen molar-refractivity contribution in [2.45, 2.75) is 137 Å². The standard InChI is InChI=1S/C36H58O4/c1-23(2)24-14-19-36(31(37)38-8)21-20-34(6)25(30(24)36)12-13-27-33(5)17-16-28(40-29-11-9-10-22-39-29)32(3,4)26(33)15-18-35(27,34)7/h24-30H,1,9-22H2,2-8H3/t24-,25+,26-,27+,28-,29?,30+,33-,34+,35+,36-/m0/s1. The molecule has 0 spiro atoms. The number of hydrogen-bond donors (Lipinski definition) is 0. The lowest BCUT2D eigenvalue weighted by molar-refractivity contribution is -0.273. The van der Waals surface area contributed by atoms with E-state index in [0.29, 0.717) is 34.5 Å². The number of hydrogen-bond acceptors (Lipinski definition) is 4. The molecule has 1 unspecified atom stereocenters. The summed E-state index contributed by atoms with van der Waals surface area (Å²) >= 11 is 0. The number of fused-ring (bicyclic) bond motifs is 7. The van der Waals surface area contributed by atoms with E-state index in [4.69, 9.17) is 14.2 Å². The Morgan fingerprint density at radius 1 is 0.825 bits per heavy atom. The monoisotopic (exact) mass is 554 g/mol. The van der Waals surface area contributed by atoms with Crippen molar-refractivity contribution in [3.63, 3.8) is 0 Å². The van der Waals surface area contributed by atoms with E-state index in [1.54, 1.807) is 7.11 Å². The maximum Gasteiger partial charge on any atom is 0.312 e. The summed E-state index contributed by atoms with van der Waals surface area (Å²) in [5, 5.41) is 0. The van der Waals surface area contributed by atoms with Crippen LogP contribution in [0.3, 0.4) is 0 Å². The minimum absolute atomic E-state index is 0.00409. The molecule has 0 aromatic rings. The number of allylic oxidation sites excluding steroid dienone is 1. The summed E-state index contributed by atoms with van der Waals surface area (Å²) in [7, 11) is 1.61. The number of methoxy groups -OCH3 is 1. The topological polar surface area (TPSA) is 44.8 Å². The molecule has 4 nitrogen and oxygen atoms in total. The summed E-state index contributed by atoms with van der Waals surface area (Å²) in [6.45, 7) is 20.6. The normalized spacial score (nSPS) is 51.5. The number of carbonyl (C=O) groups excluding carboxylic acids is 1. The summed E-state index contributed by atoms with van der Waals surface area (Å²) in [5.41, 5.74) is 2.00. The molecule has 6 aliphatic rings. The van der Waals surface area contributed by atoms with Gasteiger partial charge in [0.1, 0.15) is 0 Å². The largest absolute Gasteiger partial charge is 0.469 e. The third-order valence-electron chi connectivity index (χ3n) is 15.1. The van der Waals surface area contributed by atoms with Crippen molar-refractivity contribution in [3.05, 3.63) is 12.2 Å². The maximum absolute atomic E-state index is 13.5. The molecule has 0 bridgehead atoms. The summed E-state index contributed by atoms with van der Waals surface area (Å²) in [5.74, 6) is 2.87. The fourth-order valence-corrected chi connectivity index (χ4v) is 12.9. The lowest BCUT2D eigenvalue weighted by Crippen LogP contribution is -2.67. The fourth-order valence-electron chi connectivity index (χ4n) is 12.9. The predicted octanol–water partition coefficient (Wildman–Crippen LogP) is 8.73. The Balaban J connectivity index is 1.30. The highest BCUT2D eigenvalue weighted by molar-refractivity contribution is 5.78. The molecule has 1 heterocycles. The second-order valence-electron chi connectivity index (χ2n) is 16.6. The highest BCUT2D eigenvalue weighted by Gasteiger charge is 2.72. The van der Waals surface area contributed by atoms with Gasteiger partial charge in [0.05, 0.1) is 18.6 Å². The van der Waals surface area contributed by atoms with Crippen LogP contribution in [0, 0.1) is 56.7 Å². The Kier molecular flexibility index (Phi) is 7.18. The third kappa shape index (κ3) is 3.85. The molecule has 6 rings (SSSR count). The van der Waals surface area contributed by atoms with Gasteiger partial charge < -0.3 is 14.2 Å². The van der Waals surface area contributed by atoms with Gasteiger partial charge in [-0.15, -0.1) is 0 Å². The molecule has 5 saturated carbocycles. The minimum atomic E-state index is -0.300. The lowest BCUT2D eigenvalue weighted by atomic mass is 9.32.